The van der Waals surface area contributed by atoms with Crippen molar-refractivity contribution < 1.29 is 14.4 Å². The molecule has 1 fully saturated rings. The lowest BCUT2D eigenvalue weighted by atomic mass is 10.0. The van der Waals surface area contributed by atoms with Crippen LogP contribution in [-0.4, -0.2) is 53.8 Å². The Morgan fingerprint density at radius 2 is 1.88 bits per heavy atom. The van der Waals surface area contributed by atoms with Crippen molar-refractivity contribution in [1.82, 2.24) is 15.5 Å². The van der Waals surface area contributed by atoms with Crippen LogP contribution in [0.2, 0.25) is 0 Å². The molecule has 0 unspecified atom stereocenters. The molecule has 0 bridgehead atoms. The molecule has 4 N–H and O–H groups in total. The zero-order valence-electron chi connectivity index (χ0n) is 15.5. The molecule has 1 aliphatic rings. The summed E-state index contributed by atoms with van der Waals surface area (Å²) in [6, 6.07) is -1.82. The Morgan fingerprint density at radius 1 is 1.25 bits per heavy atom. The van der Waals surface area contributed by atoms with Gasteiger partial charge in [0.2, 0.25) is 17.7 Å². The number of amides is 3. The van der Waals surface area contributed by atoms with Crippen LogP contribution in [-0.2, 0) is 14.4 Å². The van der Waals surface area contributed by atoms with Crippen LogP contribution in [0, 0.1) is 11.8 Å². The highest BCUT2D eigenvalue weighted by Crippen LogP contribution is 2.25. The molecule has 0 spiro atoms. The Kier molecular flexibility index (Phi) is 7.66. The van der Waals surface area contributed by atoms with E-state index in [1.165, 1.54) is 0 Å². The molecule has 0 saturated carbocycles. The summed E-state index contributed by atoms with van der Waals surface area (Å²) in [7, 11) is 0. The zero-order chi connectivity index (χ0) is 18.4. The Balaban J connectivity index is 2.90. The SMILES string of the molecule is CCCNC(=O)[C@@H]1C[C@H](C)CN1C(=O)[C@@H](NC(=O)[C@H](C)N)C(C)C. The van der Waals surface area contributed by atoms with Gasteiger partial charge in [0.15, 0.2) is 0 Å². The molecular weight excluding hydrogens is 308 g/mol. The third kappa shape index (κ3) is 5.19. The number of rotatable bonds is 7. The molecule has 1 saturated heterocycles. The summed E-state index contributed by atoms with van der Waals surface area (Å²) in [5.41, 5.74) is 5.59. The molecule has 0 aromatic rings. The highest BCUT2D eigenvalue weighted by molar-refractivity contribution is 5.93. The van der Waals surface area contributed by atoms with Crippen molar-refractivity contribution >= 4 is 17.7 Å². The molecule has 3 amide bonds. The Morgan fingerprint density at radius 3 is 2.38 bits per heavy atom. The van der Waals surface area contributed by atoms with Crippen LogP contribution in [0.1, 0.15) is 47.5 Å². The molecule has 24 heavy (non-hydrogen) atoms. The van der Waals surface area contributed by atoms with Crippen LogP contribution in [0.25, 0.3) is 0 Å². The average Bonchev–Trinajstić information content (AvgIpc) is 2.90. The van der Waals surface area contributed by atoms with Crippen LogP contribution in [0.5, 0.6) is 0 Å². The van der Waals surface area contributed by atoms with Gasteiger partial charge in [0.05, 0.1) is 6.04 Å². The molecule has 1 heterocycles. The van der Waals surface area contributed by atoms with Gasteiger partial charge < -0.3 is 21.3 Å². The fourth-order valence-electron chi connectivity index (χ4n) is 2.88. The van der Waals surface area contributed by atoms with Crippen LogP contribution >= 0.6 is 0 Å². The van der Waals surface area contributed by atoms with Crippen molar-refractivity contribution in [2.24, 2.45) is 17.6 Å². The van der Waals surface area contributed by atoms with E-state index in [9.17, 15) is 14.4 Å². The van der Waals surface area contributed by atoms with Gasteiger partial charge in [-0.2, -0.15) is 0 Å². The van der Waals surface area contributed by atoms with E-state index in [2.05, 4.69) is 10.6 Å². The van der Waals surface area contributed by atoms with Gasteiger partial charge in [-0.25, -0.2) is 0 Å². The van der Waals surface area contributed by atoms with Crippen molar-refractivity contribution in [1.29, 1.82) is 0 Å². The van der Waals surface area contributed by atoms with Crippen LogP contribution in [0.15, 0.2) is 0 Å². The second-order valence-electron chi connectivity index (χ2n) is 7.16. The maximum Gasteiger partial charge on any atom is 0.246 e. The van der Waals surface area contributed by atoms with Gasteiger partial charge >= 0.3 is 0 Å². The highest BCUT2D eigenvalue weighted by atomic mass is 16.2. The maximum absolute atomic E-state index is 13.0. The van der Waals surface area contributed by atoms with E-state index in [1.807, 2.05) is 27.7 Å². The van der Waals surface area contributed by atoms with Gasteiger partial charge in [0.25, 0.3) is 0 Å². The average molecular weight is 340 g/mol. The normalized spacial score (nSPS) is 23.0. The van der Waals surface area contributed by atoms with E-state index in [1.54, 1.807) is 11.8 Å². The molecule has 1 rings (SSSR count). The van der Waals surface area contributed by atoms with Crippen LogP contribution in [0.3, 0.4) is 0 Å². The number of nitrogens with two attached hydrogens (primary N) is 1. The van der Waals surface area contributed by atoms with E-state index in [0.717, 1.165) is 6.42 Å². The second kappa shape index (κ2) is 9.01. The van der Waals surface area contributed by atoms with Crippen LogP contribution in [0.4, 0.5) is 0 Å². The molecule has 7 heteroatoms. The van der Waals surface area contributed by atoms with Crippen molar-refractivity contribution in [3.8, 4) is 0 Å². The Hall–Kier alpha value is -1.63. The van der Waals surface area contributed by atoms with Crippen molar-refractivity contribution in [3.05, 3.63) is 0 Å². The molecule has 1 aliphatic heterocycles. The molecule has 0 radical (unpaired) electrons. The van der Waals surface area contributed by atoms with Crippen molar-refractivity contribution in [2.45, 2.75) is 65.6 Å². The Labute approximate surface area is 144 Å². The summed E-state index contributed by atoms with van der Waals surface area (Å²) < 4.78 is 0. The topological polar surface area (TPSA) is 105 Å². The summed E-state index contributed by atoms with van der Waals surface area (Å²) >= 11 is 0. The Bertz CT molecular complexity index is 465. The van der Waals surface area contributed by atoms with E-state index < -0.39 is 18.1 Å². The van der Waals surface area contributed by atoms with Gasteiger partial charge in [-0.1, -0.05) is 27.7 Å². The zero-order valence-corrected chi connectivity index (χ0v) is 15.5. The number of carbonyl (C=O) groups is 3. The number of carbonyl (C=O) groups excluding carboxylic acids is 3. The molecule has 4 atom stereocenters. The number of nitrogens with zero attached hydrogens (tertiary/aromatic N) is 1. The monoisotopic (exact) mass is 340 g/mol. The number of hydrogen-bond donors (Lipinski definition) is 3. The summed E-state index contributed by atoms with van der Waals surface area (Å²) in [6.07, 6.45) is 1.49. The quantitative estimate of drug-likeness (QED) is 0.617. The number of hydrogen-bond acceptors (Lipinski definition) is 4. The van der Waals surface area contributed by atoms with E-state index in [0.29, 0.717) is 19.5 Å². The third-order valence-electron chi connectivity index (χ3n) is 4.29. The van der Waals surface area contributed by atoms with Gasteiger partial charge in [0, 0.05) is 13.1 Å². The molecule has 7 nitrogen and oxygen atoms in total. The standard InChI is InChI=1S/C17H32N4O3/c1-6-7-19-16(23)13-8-11(4)9-21(13)17(24)14(10(2)3)20-15(22)12(5)18/h10-14H,6-9,18H2,1-5H3,(H,19,23)(H,20,22)/t11-,12-,13-,14-/m0/s1. The minimum atomic E-state index is -0.680. The fourth-order valence-corrected chi connectivity index (χ4v) is 2.88. The van der Waals surface area contributed by atoms with Crippen LogP contribution < -0.4 is 16.4 Å². The highest BCUT2D eigenvalue weighted by Gasteiger charge is 2.41. The van der Waals surface area contributed by atoms with Gasteiger partial charge in [0.1, 0.15) is 12.1 Å². The third-order valence-corrected chi connectivity index (χ3v) is 4.29. The first-order valence-corrected chi connectivity index (χ1v) is 8.83. The largest absolute Gasteiger partial charge is 0.354 e. The first kappa shape index (κ1) is 20.4. The summed E-state index contributed by atoms with van der Waals surface area (Å²) in [6.45, 7) is 10.5. The second-order valence-corrected chi connectivity index (χ2v) is 7.16. The van der Waals surface area contributed by atoms with Gasteiger partial charge in [-0.15, -0.1) is 0 Å². The lowest BCUT2D eigenvalue weighted by molar-refractivity contribution is -0.142. The molecule has 0 aliphatic carbocycles. The van der Waals surface area contributed by atoms with E-state index in [-0.39, 0.29) is 29.6 Å². The lowest BCUT2D eigenvalue weighted by Crippen LogP contribution is -2.57. The summed E-state index contributed by atoms with van der Waals surface area (Å²) in [4.78, 5) is 38.9. The van der Waals surface area contributed by atoms with E-state index in [4.69, 9.17) is 5.73 Å². The molecule has 138 valence electrons. The smallest absolute Gasteiger partial charge is 0.246 e. The minimum absolute atomic E-state index is 0.0875. The maximum atomic E-state index is 13.0. The summed E-state index contributed by atoms with van der Waals surface area (Å²) in [5, 5.41) is 5.59. The molecule has 0 aromatic heterocycles. The predicted octanol–water partition coefficient (Wildman–Crippen LogP) is 0.238. The predicted molar refractivity (Wildman–Crippen MR) is 93.0 cm³/mol. The van der Waals surface area contributed by atoms with Gasteiger partial charge in [-0.05, 0) is 31.6 Å². The van der Waals surface area contributed by atoms with Gasteiger partial charge in [-0.3, -0.25) is 14.4 Å². The summed E-state index contributed by atoms with van der Waals surface area (Å²) in [5.74, 6) is -0.518. The molecular formula is C17H32N4O3. The first-order valence-electron chi connectivity index (χ1n) is 8.83. The minimum Gasteiger partial charge on any atom is -0.354 e. The fraction of sp³-hybridized carbons (Fsp3) is 0.824. The number of nitrogens with one attached hydrogen (secondary N) is 2. The molecule has 0 aromatic carbocycles. The van der Waals surface area contributed by atoms with Crippen molar-refractivity contribution in [2.75, 3.05) is 13.1 Å². The number of likely N-dealkylation sites (tertiary alicyclic amines) is 1. The first-order chi connectivity index (χ1) is 11.2. The lowest BCUT2D eigenvalue weighted by Gasteiger charge is -2.31. The van der Waals surface area contributed by atoms with Crippen molar-refractivity contribution in [3.63, 3.8) is 0 Å². The van der Waals surface area contributed by atoms with E-state index >= 15 is 0 Å².